The number of pyridine rings is 2. The Labute approximate surface area is 136 Å². The largest absolute Gasteiger partial charge is 0.353 e. The highest BCUT2D eigenvalue weighted by atomic mass is 32.1. The van der Waals surface area contributed by atoms with Crippen molar-refractivity contribution in [3.05, 3.63) is 54.0 Å². The second kappa shape index (κ2) is 6.40. The maximum absolute atomic E-state index is 5.53. The van der Waals surface area contributed by atoms with E-state index >= 15 is 0 Å². The Morgan fingerprint density at radius 3 is 2.55 bits per heavy atom. The second-order valence-electron chi connectivity index (χ2n) is 5.77. The Balaban J connectivity index is 1.77. The first-order valence-corrected chi connectivity index (χ1v) is 8.02. The molecule has 3 rings (SSSR count). The van der Waals surface area contributed by atoms with Crippen LogP contribution in [0, 0.1) is 6.92 Å². The van der Waals surface area contributed by atoms with Crippen LogP contribution in [0.3, 0.4) is 0 Å². The van der Waals surface area contributed by atoms with Gasteiger partial charge in [-0.25, -0.2) is 4.98 Å². The zero-order chi connectivity index (χ0) is 15.4. The summed E-state index contributed by atoms with van der Waals surface area (Å²) >= 11 is 5.53. The first-order valence-electron chi connectivity index (χ1n) is 7.61. The topological polar surface area (TPSA) is 49.8 Å². The lowest BCUT2D eigenvalue weighted by Crippen LogP contribution is -2.45. The Hall–Kier alpha value is -2.01. The molecule has 0 spiro atoms. The summed E-state index contributed by atoms with van der Waals surface area (Å²) in [5.41, 5.74) is 2.24. The molecule has 114 valence electrons. The third-order valence-corrected chi connectivity index (χ3v) is 4.49. The maximum atomic E-state index is 5.53. The summed E-state index contributed by atoms with van der Waals surface area (Å²) < 4.78 is 0. The summed E-state index contributed by atoms with van der Waals surface area (Å²) in [6, 6.07) is 8.10. The van der Waals surface area contributed by atoms with Crippen LogP contribution in [0.15, 0.2) is 42.9 Å². The van der Waals surface area contributed by atoms with Crippen molar-refractivity contribution in [2.24, 2.45) is 0 Å². The molecule has 1 aliphatic carbocycles. The molecule has 0 aliphatic heterocycles. The molecule has 1 fully saturated rings. The van der Waals surface area contributed by atoms with E-state index in [1.807, 2.05) is 31.5 Å². The Morgan fingerprint density at radius 1 is 1.14 bits per heavy atom. The maximum Gasteiger partial charge on any atom is 0.172 e. The summed E-state index contributed by atoms with van der Waals surface area (Å²) in [4.78, 5) is 8.46. The van der Waals surface area contributed by atoms with Crippen molar-refractivity contribution in [3.63, 3.8) is 0 Å². The van der Waals surface area contributed by atoms with Crippen LogP contribution >= 0.6 is 12.2 Å². The molecule has 0 aromatic carbocycles. The molecule has 0 radical (unpaired) electrons. The van der Waals surface area contributed by atoms with Crippen molar-refractivity contribution < 1.29 is 0 Å². The fraction of sp³-hybridized carbons (Fsp3) is 0.353. The standard InChI is InChI=1S/C17H20N4S/c1-13-5-4-10-19-15(13)20-16(22)21-17(8-2-3-9-17)14-6-11-18-12-7-14/h4-7,10-12H,2-3,8-9H2,1H3,(H2,19,20,21,22). The number of nitrogens with one attached hydrogen (secondary N) is 2. The third-order valence-electron chi connectivity index (χ3n) is 4.28. The van der Waals surface area contributed by atoms with E-state index in [1.165, 1.54) is 18.4 Å². The van der Waals surface area contributed by atoms with E-state index < -0.39 is 0 Å². The average Bonchev–Trinajstić information content (AvgIpc) is 3.00. The van der Waals surface area contributed by atoms with Crippen molar-refractivity contribution in [1.82, 2.24) is 15.3 Å². The summed E-state index contributed by atoms with van der Waals surface area (Å²) in [7, 11) is 0. The minimum absolute atomic E-state index is 0.0876. The molecule has 0 bridgehead atoms. The van der Waals surface area contributed by atoms with Gasteiger partial charge in [-0.1, -0.05) is 18.9 Å². The van der Waals surface area contributed by atoms with Gasteiger partial charge >= 0.3 is 0 Å². The number of aromatic nitrogens is 2. The number of hydrogen-bond acceptors (Lipinski definition) is 3. The van der Waals surface area contributed by atoms with Gasteiger partial charge in [-0.05, 0) is 61.3 Å². The van der Waals surface area contributed by atoms with Crippen LogP contribution < -0.4 is 10.6 Å². The molecule has 0 saturated heterocycles. The molecule has 5 heteroatoms. The average molecular weight is 312 g/mol. The Morgan fingerprint density at radius 2 is 1.86 bits per heavy atom. The van der Waals surface area contributed by atoms with Crippen molar-refractivity contribution in [2.75, 3.05) is 5.32 Å². The van der Waals surface area contributed by atoms with Gasteiger partial charge in [-0.15, -0.1) is 0 Å². The van der Waals surface area contributed by atoms with Crippen molar-refractivity contribution in [3.8, 4) is 0 Å². The predicted molar refractivity (Wildman–Crippen MR) is 92.7 cm³/mol. The van der Waals surface area contributed by atoms with Gasteiger partial charge < -0.3 is 10.6 Å². The number of aryl methyl sites for hydroxylation is 1. The van der Waals surface area contributed by atoms with Crippen LogP contribution in [0.5, 0.6) is 0 Å². The lowest BCUT2D eigenvalue weighted by molar-refractivity contribution is 0.408. The van der Waals surface area contributed by atoms with Gasteiger partial charge in [0.1, 0.15) is 5.82 Å². The first-order chi connectivity index (χ1) is 10.7. The zero-order valence-electron chi connectivity index (χ0n) is 12.7. The van der Waals surface area contributed by atoms with E-state index in [0.717, 1.165) is 24.2 Å². The van der Waals surface area contributed by atoms with Gasteiger partial charge in [0.25, 0.3) is 0 Å². The SMILES string of the molecule is Cc1cccnc1NC(=S)NC1(c2ccncc2)CCCC1. The minimum atomic E-state index is -0.0876. The summed E-state index contributed by atoms with van der Waals surface area (Å²) in [5.74, 6) is 0.808. The Bertz CT molecular complexity index is 651. The zero-order valence-corrected chi connectivity index (χ0v) is 13.5. The lowest BCUT2D eigenvalue weighted by Gasteiger charge is -2.32. The molecule has 0 amide bonds. The van der Waals surface area contributed by atoms with Crippen molar-refractivity contribution >= 4 is 23.1 Å². The smallest absolute Gasteiger partial charge is 0.172 e. The molecular weight excluding hydrogens is 292 g/mol. The molecule has 22 heavy (non-hydrogen) atoms. The summed E-state index contributed by atoms with van der Waals surface area (Å²) in [6.45, 7) is 2.02. The first kappa shape index (κ1) is 14.9. The minimum Gasteiger partial charge on any atom is -0.353 e. The number of anilines is 1. The quantitative estimate of drug-likeness (QED) is 0.849. The van der Waals surface area contributed by atoms with E-state index in [4.69, 9.17) is 12.2 Å². The van der Waals surface area contributed by atoms with Gasteiger partial charge in [0.05, 0.1) is 5.54 Å². The van der Waals surface area contributed by atoms with Gasteiger partial charge in [-0.3, -0.25) is 4.98 Å². The fourth-order valence-corrected chi connectivity index (χ4v) is 3.40. The molecule has 1 aliphatic rings. The highest BCUT2D eigenvalue weighted by Crippen LogP contribution is 2.38. The van der Waals surface area contributed by atoms with Crippen LogP contribution in [-0.4, -0.2) is 15.1 Å². The van der Waals surface area contributed by atoms with E-state index in [0.29, 0.717) is 5.11 Å². The monoisotopic (exact) mass is 312 g/mol. The number of rotatable bonds is 3. The van der Waals surface area contributed by atoms with E-state index in [9.17, 15) is 0 Å². The van der Waals surface area contributed by atoms with Crippen molar-refractivity contribution in [1.29, 1.82) is 0 Å². The fourth-order valence-electron chi connectivity index (χ4n) is 3.11. The van der Waals surface area contributed by atoms with E-state index in [2.05, 4.69) is 32.7 Å². The highest BCUT2D eigenvalue weighted by molar-refractivity contribution is 7.80. The molecule has 4 nitrogen and oxygen atoms in total. The number of nitrogens with zero attached hydrogens (tertiary/aromatic N) is 2. The Kier molecular flexibility index (Phi) is 4.34. The van der Waals surface area contributed by atoms with Gasteiger partial charge in [0.15, 0.2) is 5.11 Å². The van der Waals surface area contributed by atoms with E-state index in [1.54, 1.807) is 6.20 Å². The lowest BCUT2D eigenvalue weighted by atomic mass is 9.89. The summed E-state index contributed by atoms with van der Waals surface area (Å²) in [5, 5.41) is 7.39. The van der Waals surface area contributed by atoms with Crippen LogP contribution in [0.2, 0.25) is 0 Å². The summed E-state index contributed by atoms with van der Waals surface area (Å²) in [6.07, 6.45) is 10.0. The molecule has 2 heterocycles. The number of thiocarbonyl (C=S) groups is 1. The normalized spacial score (nSPS) is 16.2. The molecule has 2 aromatic heterocycles. The van der Waals surface area contributed by atoms with Crippen LogP contribution in [0.4, 0.5) is 5.82 Å². The molecule has 1 saturated carbocycles. The van der Waals surface area contributed by atoms with E-state index in [-0.39, 0.29) is 5.54 Å². The third kappa shape index (κ3) is 3.09. The molecule has 0 unspecified atom stereocenters. The second-order valence-corrected chi connectivity index (χ2v) is 6.18. The van der Waals surface area contributed by atoms with Gasteiger partial charge in [-0.2, -0.15) is 0 Å². The number of hydrogen-bond donors (Lipinski definition) is 2. The van der Waals surface area contributed by atoms with Crippen LogP contribution in [-0.2, 0) is 5.54 Å². The van der Waals surface area contributed by atoms with Gasteiger partial charge in [0, 0.05) is 18.6 Å². The molecule has 0 atom stereocenters. The highest BCUT2D eigenvalue weighted by Gasteiger charge is 2.36. The molecule has 2 N–H and O–H groups in total. The van der Waals surface area contributed by atoms with Gasteiger partial charge in [0.2, 0.25) is 0 Å². The van der Waals surface area contributed by atoms with Crippen LogP contribution in [0.1, 0.15) is 36.8 Å². The van der Waals surface area contributed by atoms with Crippen LogP contribution in [0.25, 0.3) is 0 Å². The molecular formula is C17H20N4S. The molecule has 2 aromatic rings. The predicted octanol–water partition coefficient (Wildman–Crippen LogP) is 3.54. The van der Waals surface area contributed by atoms with Crippen molar-refractivity contribution in [2.45, 2.75) is 38.1 Å².